The van der Waals surface area contributed by atoms with Gasteiger partial charge in [0.2, 0.25) is 5.91 Å². The minimum Gasteiger partial charge on any atom is -0.484 e. The number of amides is 2. The summed E-state index contributed by atoms with van der Waals surface area (Å²) in [7, 11) is 0. The molecule has 0 atom stereocenters. The molecule has 0 unspecified atom stereocenters. The molecule has 0 radical (unpaired) electrons. The first-order chi connectivity index (χ1) is 13.8. The molecule has 2 aromatic carbocycles. The molecule has 0 bridgehead atoms. The third kappa shape index (κ3) is 5.41. The van der Waals surface area contributed by atoms with E-state index in [1.807, 2.05) is 55.1 Å². The van der Waals surface area contributed by atoms with Crippen LogP contribution >= 0.6 is 11.6 Å². The molecule has 2 aromatic rings. The highest BCUT2D eigenvalue weighted by atomic mass is 35.5. The second kappa shape index (κ2) is 9.18. The van der Waals surface area contributed by atoms with Gasteiger partial charge in [-0.1, -0.05) is 11.6 Å². The molecule has 1 aliphatic rings. The summed E-state index contributed by atoms with van der Waals surface area (Å²) >= 11 is 6.15. The molecule has 1 heterocycles. The molecule has 154 valence electrons. The van der Waals surface area contributed by atoms with E-state index in [1.165, 1.54) is 0 Å². The Morgan fingerprint density at radius 2 is 1.62 bits per heavy atom. The van der Waals surface area contributed by atoms with Gasteiger partial charge in [-0.25, -0.2) is 0 Å². The molecule has 7 heteroatoms. The Morgan fingerprint density at radius 1 is 1.03 bits per heavy atom. The number of benzene rings is 2. The second-order valence-corrected chi connectivity index (χ2v) is 7.63. The number of carbonyl (C=O) groups is 2. The Balaban J connectivity index is 1.51. The van der Waals surface area contributed by atoms with Crippen molar-refractivity contribution in [1.82, 2.24) is 4.90 Å². The lowest BCUT2D eigenvalue weighted by Crippen LogP contribution is -2.48. The first-order valence-corrected chi connectivity index (χ1v) is 10.0. The highest BCUT2D eigenvalue weighted by molar-refractivity contribution is 6.32. The highest BCUT2D eigenvalue weighted by Gasteiger charge is 2.18. The van der Waals surface area contributed by atoms with Crippen molar-refractivity contribution in [2.75, 3.05) is 43.0 Å². The number of hydrogen-bond acceptors (Lipinski definition) is 4. The Kier molecular flexibility index (Phi) is 6.64. The lowest BCUT2D eigenvalue weighted by molar-refractivity contribution is -0.129. The number of anilines is 2. The average molecular weight is 416 g/mol. The largest absolute Gasteiger partial charge is 0.484 e. The predicted octanol–water partition coefficient (Wildman–Crippen LogP) is 3.64. The van der Waals surface area contributed by atoms with Crippen molar-refractivity contribution in [3.63, 3.8) is 0 Å². The fourth-order valence-electron chi connectivity index (χ4n) is 3.37. The Labute approximate surface area is 176 Å². The second-order valence-electron chi connectivity index (χ2n) is 7.25. The van der Waals surface area contributed by atoms with Crippen LogP contribution in [0.4, 0.5) is 11.4 Å². The van der Waals surface area contributed by atoms with Crippen molar-refractivity contribution in [1.29, 1.82) is 0 Å². The van der Waals surface area contributed by atoms with Gasteiger partial charge in [0.15, 0.2) is 6.61 Å². The van der Waals surface area contributed by atoms with E-state index in [1.54, 1.807) is 6.92 Å². The monoisotopic (exact) mass is 415 g/mol. The molecule has 0 aliphatic carbocycles. The van der Waals surface area contributed by atoms with Gasteiger partial charge < -0.3 is 19.9 Å². The Bertz CT molecular complexity index is 868. The molecule has 0 spiro atoms. The number of nitrogens with zero attached hydrogens (tertiary/aromatic N) is 2. The molecule has 1 fully saturated rings. The number of rotatable bonds is 5. The van der Waals surface area contributed by atoms with Crippen LogP contribution in [0.15, 0.2) is 36.4 Å². The minimum atomic E-state index is -0.224. The quantitative estimate of drug-likeness (QED) is 0.809. The van der Waals surface area contributed by atoms with Crippen molar-refractivity contribution in [2.24, 2.45) is 0 Å². The first kappa shape index (κ1) is 21.0. The van der Waals surface area contributed by atoms with E-state index in [0.29, 0.717) is 16.5 Å². The fraction of sp³-hybridized carbons (Fsp3) is 0.364. The number of piperazine rings is 1. The van der Waals surface area contributed by atoms with Crippen LogP contribution < -0.4 is 15.0 Å². The van der Waals surface area contributed by atoms with Gasteiger partial charge in [-0.3, -0.25) is 9.59 Å². The van der Waals surface area contributed by atoms with Crippen LogP contribution in [0.2, 0.25) is 5.02 Å². The number of halogens is 1. The van der Waals surface area contributed by atoms with Gasteiger partial charge in [0, 0.05) is 49.5 Å². The zero-order valence-corrected chi connectivity index (χ0v) is 17.8. The summed E-state index contributed by atoms with van der Waals surface area (Å²) in [4.78, 5) is 27.7. The average Bonchev–Trinajstić information content (AvgIpc) is 2.71. The van der Waals surface area contributed by atoms with Crippen LogP contribution in [0.1, 0.15) is 18.1 Å². The molecule has 1 aliphatic heterocycles. The zero-order valence-electron chi connectivity index (χ0n) is 17.0. The molecule has 0 saturated carbocycles. The maximum absolute atomic E-state index is 12.2. The Morgan fingerprint density at radius 3 is 2.17 bits per heavy atom. The maximum atomic E-state index is 12.2. The Hall–Kier alpha value is -2.73. The predicted molar refractivity (Wildman–Crippen MR) is 116 cm³/mol. The molecular formula is C22H26ClN3O3. The van der Waals surface area contributed by atoms with Gasteiger partial charge in [0.25, 0.3) is 5.91 Å². The summed E-state index contributed by atoms with van der Waals surface area (Å²) in [5.41, 5.74) is 3.63. The topological polar surface area (TPSA) is 61.9 Å². The fourth-order valence-corrected chi connectivity index (χ4v) is 3.48. The van der Waals surface area contributed by atoms with Crippen molar-refractivity contribution < 1.29 is 14.3 Å². The van der Waals surface area contributed by atoms with Crippen LogP contribution in [0, 0.1) is 13.8 Å². The van der Waals surface area contributed by atoms with Crippen LogP contribution in [-0.4, -0.2) is 49.5 Å². The molecule has 29 heavy (non-hydrogen) atoms. The summed E-state index contributed by atoms with van der Waals surface area (Å²) in [6.45, 7) is 8.41. The zero-order chi connectivity index (χ0) is 21.0. The number of carbonyl (C=O) groups excluding carboxylic acids is 2. The smallest absolute Gasteiger partial charge is 0.262 e. The van der Waals surface area contributed by atoms with Crippen molar-refractivity contribution in [2.45, 2.75) is 20.8 Å². The van der Waals surface area contributed by atoms with Gasteiger partial charge in [0.05, 0.1) is 0 Å². The number of hydrogen-bond donors (Lipinski definition) is 1. The highest BCUT2D eigenvalue weighted by Crippen LogP contribution is 2.26. The molecule has 1 N–H and O–H groups in total. The van der Waals surface area contributed by atoms with E-state index >= 15 is 0 Å². The van der Waals surface area contributed by atoms with Crippen LogP contribution in [0.3, 0.4) is 0 Å². The first-order valence-electron chi connectivity index (χ1n) is 9.63. The SMILES string of the molecule is CC(=O)N1CCN(c2ccc(NC(=O)COc3cc(C)c(Cl)c(C)c3)cc2)CC1. The minimum absolute atomic E-state index is 0.0741. The summed E-state index contributed by atoms with van der Waals surface area (Å²) in [6.07, 6.45) is 0. The van der Waals surface area contributed by atoms with E-state index in [2.05, 4.69) is 10.2 Å². The number of nitrogens with one attached hydrogen (secondary N) is 1. The van der Waals surface area contributed by atoms with Gasteiger partial charge in [-0.2, -0.15) is 0 Å². The third-order valence-electron chi connectivity index (χ3n) is 5.02. The van der Waals surface area contributed by atoms with E-state index in [9.17, 15) is 9.59 Å². The maximum Gasteiger partial charge on any atom is 0.262 e. The summed E-state index contributed by atoms with van der Waals surface area (Å²) < 4.78 is 5.59. The van der Waals surface area contributed by atoms with Gasteiger partial charge >= 0.3 is 0 Å². The number of ether oxygens (including phenoxy) is 1. The molecule has 6 nitrogen and oxygen atoms in total. The van der Waals surface area contributed by atoms with E-state index < -0.39 is 0 Å². The standard InChI is InChI=1S/C22H26ClN3O3/c1-15-12-20(13-16(2)22(15)23)29-14-21(28)24-18-4-6-19(7-5-18)26-10-8-25(9-11-26)17(3)27/h4-7,12-13H,8-11,14H2,1-3H3,(H,24,28). The lowest BCUT2D eigenvalue weighted by Gasteiger charge is -2.35. The normalized spacial score (nSPS) is 13.9. The molecule has 3 rings (SSSR count). The van der Waals surface area contributed by atoms with Crippen molar-refractivity contribution in [3.8, 4) is 5.75 Å². The van der Waals surface area contributed by atoms with E-state index in [0.717, 1.165) is 43.0 Å². The van der Waals surface area contributed by atoms with Gasteiger partial charge in [-0.05, 0) is 61.4 Å². The van der Waals surface area contributed by atoms with Crippen LogP contribution in [-0.2, 0) is 9.59 Å². The van der Waals surface area contributed by atoms with Crippen molar-refractivity contribution in [3.05, 3.63) is 52.5 Å². The van der Waals surface area contributed by atoms with Gasteiger partial charge in [0.1, 0.15) is 5.75 Å². The molecular weight excluding hydrogens is 390 g/mol. The molecule has 1 saturated heterocycles. The summed E-state index contributed by atoms with van der Waals surface area (Å²) in [6, 6.07) is 11.4. The lowest BCUT2D eigenvalue weighted by atomic mass is 10.1. The van der Waals surface area contributed by atoms with Crippen LogP contribution in [0.5, 0.6) is 5.75 Å². The van der Waals surface area contributed by atoms with Gasteiger partial charge in [-0.15, -0.1) is 0 Å². The summed E-state index contributed by atoms with van der Waals surface area (Å²) in [5.74, 6) is 0.520. The molecule has 2 amide bonds. The van der Waals surface area contributed by atoms with E-state index in [-0.39, 0.29) is 18.4 Å². The van der Waals surface area contributed by atoms with E-state index in [4.69, 9.17) is 16.3 Å². The third-order valence-corrected chi connectivity index (χ3v) is 5.62. The van der Waals surface area contributed by atoms with Crippen LogP contribution in [0.25, 0.3) is 0 Å². The number of aryl methyl sites for hydroxylation is 2. The van der Waals surface area contributed by atoms with Crippen molar-refractivity contribution >= 4 is 34.8 Å². The molecule has 0 aromatic heterocycles. The summed E-state index contributed by atoms with van der Waals surface area (Å²) in [5, 5.41) is 3.56.